The van der Waals surface area contributed by atoms with Crippen molar-refractivity contribution in [3.05, 3.63) is 11.8 Å². The highest BCUT2D eigenvalue weighted by Crippen LogP contribution is 2.19. The summed E-state index contributed by atoms with van der Waals surface area (Å²) in [5, 5.41) is 1.55. The lowest BCUT2D eigenvalue weighted by atomic mass is 10.1. The Labute approximate surface area is 85.4 Å². The number of rotatable bonds is 7. The lowest BCUT2D eigenvalue weighted by Gasteiger charge is -2.19. The molecule has 0 aliphatic rings. The molecule has 0 rings (SSSR count). The summed E-state index contributed by atoms with van der Waals surface area (Å²) in [4.78, 5) is 0. The van der Waals surface area contributed by atoms with Gasteiger partial charge in [-0.05, 0) is 12.8 Å². The van der Waals surface area contributed by atoms with Gasteiger partial charge in [0.2, 0.25) is 0 Å². The predicted molar refractivity (Wildman–Crippen MR) is 65.9 cm³/mol. The minimum atomic E-state index is -1.02. The summed E-state index contributed by atoms with van der Waals surface area (Å²) in [6.45, 7) is 13.6. The van der Waals surface area contributed by atoms with E-state index >= 15 is 0 Å². The summed E-state index contributed by atoms with van der Waals surface area (Å²) in [7, 11) is -1.02. The molecule has 0 atom stereocenters. The van der Waals surface area contributed by atoms with Gasteiger partial charge in [-0.2, -0.15) is 0 Å². The van der Waals surface area contributed by atoms with Crippen LogP contribution < -0.4 is 0 Å². The monoisotopic (exact) mass is 198 g/mol. The first-order valence-electron chi connectivity index (χ1n) is 5.66. The maximum Gasteiger partial charge on any atom is 0.0716 e. The van der Waals surface area contributed by atoms with Crippen LogP contribution >= 0.6 is 0 Å². The van der Waals surface area contributed by atoms with Crippen LogP contribution in [0.25, 0.3) is 0 Å². The van der Waals surface area contributed by atoms with Gasteiger partial charge in [0.1, 0.15) is 0 Å². The molecule has 0 nitrogen and oxygen atoms in total. The first kappa shape index (κ1) is 13.0. The number of hydrogen-bond acceptors (Lipinski definition) is 0. The maximum absolute atomic E-state index is 4.21. The molecular formula is C12H26Si. The molecule has 0 unspecified atom stereocenters. The molecule has 0 saturated carbocycles. The van der Waals surface area contributed by atoms with E-state index in [1.807, 2.05) is 0 Å². The second-order valence-electron chi connectivity index (χ2n) is 5.02. The van der Waals surface area contributed by atoms with Crippen molar-refractivity contribution in [1.29, 1.82) is 0 Å². The van der Waals surface area contributed by atoms with Gasteiger partial charge in [-0.15, -0.1) is 6.58 Å². The Morgan fingerprint density at radius 3 is 2.00 bits per heavy atom. The van der Waals surface area contributed by atoms with Crippen LogP contribution in [0.1, 0.15) is 45.4 Å². The summed E-state index contributed by atoms with van der Waals surface area (Å²) in [6.07, 6.45) is 8.20. The third-order valence-corrected chi connectivity index (χ3v) is 5.01. The Morgan fingerprint density at radius 2 is 1.54 bits per heavy atom. The van der Waals surface area contributed by atoms with E-state index in [-0.39, 0.29) is 0 Å². The molecule has 0 aromatic carbocycles. The Morgan fingerprint density at radius 1 is 1.00 bits per heavy atom. The summed E-state index contributed by atoms with van der Waals surface area (Å²) >= 11 is 0. The van der Waals surface area contributed by atoms with Crippen LogP contribution in [0, 0.1) is 0 Å². The van der Waals surface area contributed by atoms with Crippen LogP contribution in [0.15, 0.2) is 11.8 Å². The molecule has 0 aromatic rings. The minimum absolute atomic E-state index is 1.02. The van der Waals surface area contributed by atoms with E-state index in [4.69, 9.17) is 0 Å². The topological polar surface area (TPSA) is 0 Å². The molecule has 13 heavy (non-hydrogen) atoms. The number of allylic oxidation sites excluding steroid dienone is 1. The molecule has 0 fully saturated rings. The fourth-order valence-corrected chi connectivity index (χ4v) is 2.24. The summed E-state index contributed by atoms with van der Waals surface area (Å²) in [5.74, 6) is 0. The number of unbranched alkanes of at least 4 members (excludes halogenated alkanes) is 4. The van der Waals surface area contributed by atoms with Gasteiger partial charge < -0.3 is 0 Å². The molecule has 78 valence electrons. The van der Waals surface area contributed by atoms with Crippen LogP contribution in [0.4, 0.5) is 0 Å². The van der Waals surface area contributed by atoms with Crippen molar-refractivity contribution in [2.75, 3.05) is 0 Å². The van der Waals surface area contributed by atoms with Gasteiger partial charge >= 0.3 is 0 Å². The van der Waals surface area contributed by atoms with E-state index in [0.29, 0.717) is 0 Å². The molecule has 0 heterocycles. The van der Waals surface area contributed by atoms with Crippen LogP contribution in [0.5, 0.6) is 0 Å². The smallest absolute Gasteiger partial charge is 0.0716 e. The average molecular weight is 198 g/mol. The third kappa shape index (κ3) is 7.06. The summed E-state index contributed by atoms with van der Waals surface area (Å²) < 4.78 is 0. The van der Waals surface area contributed by atoms with Gasteiger partial charge in [0.15, 0.2) is 0 Å². The fourth-order valence-electron chi connectivity index (χ4n) is 1.32. The van der Waals surface area contributed by atoms with Crippen molar-refractivity contribution >= 4 is 8.07 Å². The molecule has 0 spiro atoms. The van der Waals surface area contributed by atoms with Crippen LogP contribution in [-0.4, -0.2) is 8.07 Å². The standard InChI is InChI=1S/C12H26Si/c1-6-7-8-9-10-11-12(2)13(3,4)5/h2,6-11H2,1,3-5H3. The molecular weight excluding hydrogens is 172 g/mol. The highest BCUT2D eigenvalue weighted by molar-refractivity contribution is 6.82. The zero-order valence-corrected chi connectivity index (χ0v) is 10.9. The summed E-state index contributed by atoms with van der Waals surface area (Å²) in [6, 6.07) is 0. The highest BCUT2D eigenvalue weighted by Gasteiger charge is 2.16. The molecule has 1 heteroatoms. The van der Waals surface area contributed by atoms with Gasteiger partial charge in [0.25, 0.3) is 0 Å². The van der Waals surface area contributed by atoms with Crippen molar-refractivity contribution in [3.63, 3.8) is 0 Å². The fraction of sp³-hybridized carbons (Fsp3) is 0.833. The van der Waals surface area contributed by atoms with Crippen molar-refractivity contribution in [1.82, 2.24) is 0 Å². The van der Waals surface area contributed by atoms with Crippen molar-refractivity contribution in [2.45, 2.75) is 65.1 Å². The SMILES string of the molecule is C=C(CCCCCCC)[Si](C)(C)C. The van der Waals surface area contributed by atoms with Crippen molar-refractivity contribution < 1.29 is 0 Å². The lowest BCUT2D eigenvalue weighted by Crippen LogP contribution is -2.22. The average Bonchev–Trinajstić information content (AvgIpc) is 2.02. The van der Waals surface area contributed by atoms with Gasteiger partial charge in [0, 0.05) is 0 Å². The molecule has 0 saturated heterocycles. The van der Waals surface area contributed by atoms with Crippen LogP contribution in [-0.2, 0) is 0 Å². The zero-order valence-electron chi connectivity index (χ0n) is 9.95. The zero-order chi connectivity index (χ0) is 10.3. The number of hydrogen-bond donors (Lipinski definition) is 0. The molecule has 0 N–H and O–H groups in total. The lowest BCUT2D eigenvalue weighted by molar-refractivity contribution is 0.635. The molecule has 0 aliphatic carbocycles. The van der Waals surface area contributed by atoms with Crippen molar-refractivity contribution in [2.24, 2.45) is 0 Å². The molecule has 0 amide bonds. The van der Waals surface area contributed by atoms with E-state index in [9.17, 15) is 0 Å². The Balaban J connectivity index is 3.38. The van der Waals surface area contributed by atoms with E-state index in [1.54, 1.807) is 5.20 Å². The van der Waals surface area contributed by atoms with E-state index < -0.39 is 8.07 Å². The van der Waals surface area contributed by atoms with Crippen LogP contribution in [0.2, 0.25) is 19.6 Å². The minimum Gasteiger partial charge on any atom is -0.104 e. The van der Waals surface area contributed by atoms with E-state index in [0.717, 1.165) is 0 Å². The van der Waals surface area contributed by atoms with E-state index in [2.05, 4.69) is 33.1 Å². The van der Waals surface area contributed by atoms with Gasteiger partial charge in [-0.25, -0.2) is 0 Å². The van der Waals surface area contributed by atoms with Gasteiger partial charge in [-0.3, -0.25) is 0 Å². The van der Waals surface area contributed by atoms with Crippen molar-refractivity contribution in [3.8, 4) is 0 Å². The quantitative estimate of drug-likeness (QED) is 0.408. The largest absolute Gasteiger partial charge is 0.104 e. The highest BCUT2D eigenvalue weighted by atomic mass is 28.3. The Kier molecular flexibility index (Phi) is 6.40. The first-order chi connectivity index (χ1) is 5.98. The second-order valence-corrected chi connectivity index (χ2v) is 10.2. The van der Waals surface area contributed by atoms with Crippen LogP contribution in [0.3, 0.4) is 0 Å². The summed E-state index contributed by atoms with van der Waals surface area (Å²) in [5.41, 5.74) is 0. The Hall–Kier alpha value is -0.0431. The molecule has 0 aromatic heterocycles. The predicted octanol–water partition coefficient (Wildman–Crippen LogP) is 4.78. The second kappa shape index (κ2) is 6.42. The van der Waals surface area contributed by atoms with E-state index in [1.165, 1.54) is 38.5 Å². The maximum atomic E-state index is 4.21. The molecule has 0 aliphatic heterocycles. The Bertz CT molecular complexity index is 142. The third-order valence-electron chi connectivity index (χ3n) is 2.64. The molecule has 0 radical (unpaired) electrons. The normalized spacial score (nSPS) is 11.7. The molecule has 0 bridgehead atoms. The first-order valence-corrected chi connectivity index (χ1v) is 9.16. The van der Waals surface area contributed by atoms with Gasteiger partial charge in [0.05, 0.1) is 8.07 Å². The van der Waals surface area contributed by atoms with Gasteiger partial charge in [-0.1, -0.05) is 57.4 Å².